The topological polar surface area (TPSA) is 201 Å². The molecule has 2 aromatic carbocycles. The van der Waals surface area contributed by atoms with Gasteiger partial charge in [0.2, 0.25) is 29.5 Å². The molecule has 2 rings (SSSR count). The summed E-state index contributed by atoms with van der Waals surface area (Å²) in [4.78, 5) is 75.9. The zero-order valence-corrected chi connectivity index (χ0v) is 27.8. The van der Waals surface area contributed by atoms with E-state index in [1.54, 1.807) is 0 Å². The van der Waals surface area contributed by atoms with Crippen LogP contribution in [0.3, 0.4) is 0 Å². The van der Waals surface area contributed by atoms with E-state index in [1.807, 2.05) is 74.5 Å². The van der Waals surface area contributed by atoms with Crippen LogP contribution < -0.4 is 32.3 Å². The van der Waals surface area contributed by atoms with E-state index >= 15 is 0 Å². The normalized spacial score (nSPS) is 11.6. The first-order valence-corrected chi connectivity index (χ1v) is 15.0. The number of nitrogens with one attached hydrogen (secondary N) is 5. The van der Waals surface area contributed by atoms with Gasteiger partial charge in [-0.15, -0.1) is 12.4 Å². The first-order valence-electron chi connectivity index (χ1n) is 15.0. The largest absolute Gasteiger partial charge is 0.445 e. The van der Waals surface area contributed by atoms with E-state index in [0.717, 1.165) is 16.0 Å². The van der Waals surface area contributed by atoms with E-state index in [9.17, 15) is 28.8 Å². The number of nitrogens with two attached hydrogens (primary N) is 1. The van der Waals surface area contributed by atoms with Gasteiger partial charge in [-0.05, 0) is 23.5 Å². The van der Waals surface area contributed by atoms with Crippen LogP contribution in [0.15, 0.2) is 60.7 Å². The first-order chi connectivity index (χ1) is 22.0. The predicted molar refractivity (Wildman–Crippen MR) is 178 cm³/mol. The first kappa shape index (κ1) is 40.3. The zero-order valence-electron chi connectivity index (χ0n) is 27.0. The maximum atomic E-state index is 13.2. The second-order valence-corrected chi connectivity index (χ2v) is 11.0. The summed E-state index contributed by atoms with van der Waals surface area (Å²) >= 11 is 0. The summed E-state index contributed by atoms with van der Waals surface area (Å²) in [7, 11) is 1.44. The molecular weight excluding hydrogens is 630 g/mol. The van der Waals surface area contributed by atoms with E-state index in [0.29, 0.717) is 6.42 Å². The Morgan fingerprint density at radius 3 is 1.89 bits per heavy atom. The lowest BCUT2D eigenvalue weighted by molar-refractivity contribution is -0.132. The molecule has 0 aliphatic heterocycles. The molecule has 14 nitrogen and oxygen atoms in total. The molecule has 0 heterocycles. The Kier molecular flexibility index (Phi) is 18.8. The Morgan fingerprint density at radius 1 is 0.745 bits per heavy atom. The average Bonchev–Trinajstić information content (AvgIpc) is 3.04. The number of benzene rings is 2. The van der Waals surface area contributed by atoms with Crippen molar-refractivity contribution in [2.45, 2.75) is 45.4 Å². The highest BCUT2D eigenvalue weighted by molar-refractivity contribution is 5.93. The van der Waals surface area contributed by atoms with Crippen LogP contribution in [0.4, 0.5) is 4.79 Å². The van der Waals surface area contributed by atoms with E-state index < -0.39 is 47.7 Å². The third kappa shape index (κ3) is 16.4. The molecule has 15 heteroatoms. The lowest BCUT2D eigenvalue weighted by Crippen LogP contribution is -2.56. The molecule has 7 N–H and O–H groups in total. The number of hydrogen-bond donors (Lipinski definition) is 6. The molecule has 0 spiro atoms. The average molecular weight is 676 g/mol. The van der Waals surface area contributed by atoms with Crippen molar-refractivity contribution in [1.82, 2.24) is 31.5 Å². The standard InChI is InChI=1S/C32H45N7O7.ClH/c1-22(2)16-25(38-31(44)26(37-27(40)18-33)17-23-10-6-4-7-11-23)30(43)36-19-28(41)34-14-15-35-29(42)20-39(3)32(45)46-21-24-12-8-5-9-13-24;/h4-13,22,25-26H,14-21,33H2,1-3H3,(H,34,41)(H,35,42)(H,36,43)(H,37,40)(H,38,44);1H/t25-,26-;/m0./s1. The number of halogens is 1. The maximum Gasteiger partial charge on any atom is 0.410 e. The number of likely N-dealkylation sites (N-methyl/N-ethyl adjacent to an activating group) is 1. The molecule has 0 unspecified atom stereocenters. The molecular formula is C32H46ClN7O7. The number of hydrogen-bond acceptors (Lipinski definition) is 8. The summed E-state index contributed by atoms with van der Waals surface area (Å²) in [5.41, 5.74) is 7.06. The smallest absolute Gasteiger partial charge is 0.410 e. The van der Waals surface area contributed by atoms with Crippen molar-refractivity contribution in [3.8, 4) is 0 Å². The molecule has 258 valence electrons. The molecule has 0 saturated heterocycles. The molecule has 0 fully saturated rings. The van der Waals surface area contributed by atoms with Gasteiger partial charge in [0.15, 0.2) is 0 Å². The number of carbonyl (C=O) groups excluding carboxylic acids is 6. The van der Waals surface area contributed by atoms with Crippen molar-refractivity contribution in [1.29, 1.82) is 0 Å². The zero-order chi connectivity index (χ0) is 33.9. The van der Waals surface area contributed by atoms with Gasteiger partial charge in [-0.3, -0.25) is 24.0 Å². The third-order valence-corrected chi connectivity index (χ3v) is 6.55. The van der Waals surface area contributed by atoms with Crippen molar-refractivity contribution in [3.63, 3.8) is 0 Å². The SMILES string of the molecule is CC(C)C[C@H](NC(=O)[C@H](Cc1ccccc1)NC(=O)CN)C(=O)NCC(=O)NCCNC(=O)CN(C)C(=O)OCc1ccccc1.Cl. The van der Waals surface area contributed by atoms with Gasteiger partial charge < -0.3 is 42.0 Å². The van der Waals surface area contributed by atoms with Gasteiger partial charge in [0.1, 0.15) is 25.2 Å². The Balaban J connectivity index is 0.0000110. The Labute approximate surface area is 281 Å². The minimum absolute atomic E-state index is 0. The second kappa shape index (κ2) is 21.9. The number of rotatable bonds is 18. The molecule has 0 aliphatic carbocycles. The van der Waals surface area contributed by atoms with Crippen LogP contribution in [0.1, 0.15) is 31.4 Å². The van der Waals surface area contributed by atoms with Crippen LogP contribution in [0.25, 0.3) is 0 Å². The Morgan fingerprint density at radius 2 is 1.32 bits per heavy atom. The highest BCUT2D eigenvalue weighted by Gasteiger charge is 2.27. The van der Waals surface area contributed by atoms with Gasteiger partial charge in [0, 0.05) is 26.6 Å². The molecule has 0 saturated carbocycles. The molecule has 2 atom stereocenters. The van der Waals surface area contributed by atoms with E-state index in [1.165, 1.54) is 7.05 Å². The fourth-order valence-corrected chi connectivity index (χ4v) is 4.21. The summed E-state index contributed by atoms with van der Waals surface area (Å²) in [6.07, 6.45) is -0.160. The van der Waals surface area contributed by atoms with Crippen LogP contribution in [0.5, 0.6) is 0 Å². The van der Waals surface area contributed by atoms with E-state index in [-0.39, 0.29) is 64.1 Å². The van der Waals surface area contributed by atoms with Crippen molar-refractivity contribution in [2.24, 2.45) is 11.7 Å². The summed E-state index contributed by atoms with van der Waals surface area (Å²) in [5, 5.41) is 13.0. The predicted octanol–water partition coefficient (Wildman–Crippen LogP) is 0.243. The number of nitrogens with zero attached hydrogens (tertiary/aromatic N) is 1. The van der Waals surface area contributed by atoms with Gasteiger partial charge in [0.05, 0.1) is 13.1 Å². The number of amides is 6. The lowest BCUT2D eigenvalue weighted by Gasteiger charge is -2.24. The van der Waals surface area contributed by atoms with E-state index in [2.05, 4.69) is 26.6 Å². The van der Waals surface area contributed by atoms with Crippen LogP contribution in [0, 0.1) is 5.92 Å². The van der Waals surface area contributed by atoms with Gasteiger partial charge in [-0.25, -0.2) is 4.79 Å². The molecule has 0 radical (unpaired) electrons. The minimum atomic E-state index is -0.959. The van der Waals surface area contributed by atoms with E-state index in [4.69, 9.17) is 10.5 Å². The van der Waals surface area contributed by atoms with Crippen LogP contribution in [-0.2, 0) is 41.7 Å². The van der Waals surface area contributed by atoms with Crippen molar-refractivity contribution >= 4 is 48.0 Å². The fourth-order valence-electron chi connectivity index (χ4n) is 4.21. The van der Waals surface area contributed by atoms with Crippen molar-refractivity contribution in [3.05, 3.63) is 71.8 Å². The number of carbonyl (C=O) groups is 6. The molecule has 6 amide bonds. The summed E-state index contributed by atoms with van der Waals surface area (Å²) in [5.74, 6) is -2.54. The molecule has 0 bridgehead atoms. The fraction of sp³-hybridized carbons (Fsp3) is 0.438. The summed E-state index contributed by atoms with van der Waals surface area (Å²) < 4.78 is 5.18. The number of ether oxygens (including phenoxy) is 1. The monoisotopic (exact) mass is 675 g/mol. The highest BCUT2D eigenvalue weighted by atomic mass is 35.5. The lowest BCUT2D eigenvalue weighted by atomic mass is 10.0. The molecule has 2 aromatic rings. The third-order valence-electron chi connectivity index (χ3n) is 6.55. The second-order valence-electron chi connectivity index (χ2n) is 11.0. The molecule has 47 heavy (non-hydrogen) atoms. The van der Waals surface area contributed by atoms with Crippen molar-refractivity contribution in [2.75, 3.05) is 39.8 Å². The van der Waals surface area contributed by atoms with Gasteiger partial charge in [0.25, 0.3) is 0 Å². The van der Waals surface area contributed by atoms with Gasteiger partial charge >= 0.3 is 6.09 Å². The van der Waals surface area contributed by atoms with Crippen LogP contribution >= 0.6 is 12.4 Å². The summed E-state index contributed by atoms with van der Waals surface area (Å²) in [6, 6.07) is 16.3. The maximum absolute atomic E-state index is 13.2. The van der Waals surface area contributed by atoms with Crippen LogP contribution in [0.2, 0.25) is 0 Å². The molecule has 0 aliphatic rings. The van der Waals surface area contributed by atoms with Crippen molar-refractivity contribution < 1.29 is 33.5 Å². The summed E-state index contributed by atoms with van der Waals surface area (Å²) in [6.45, 7) is 3.14. The van der Waals surface area contributed by atoms with Gasteiger partial charge in [-0.1, -0.05) is 74.5 Å². The Bertz CT molecular complexity index is 1300. The Hall–Kier alpha value is -4.69. The minimum Gasteiger partial charge on any atom is -0.445 e. The molecule has 0 aromatic heterocycles. The quantitative estimate of drug-likeness (QED) is 0.121. The van der Waals surface area contributed by atoms with Crippen LogP contribution in [-0.4, -0.2) is 92.4 Å². The highest BCUT2D eigenvalue weighted by Crippen LogP contribution is 2.08. The van der Waals surface area contributed by atoms with Gasteiger partial charge in [-0.2, -0.15) is 0 Å².